The maximum atomic E-state index is 11.8. The number of rotatable bonds is 10. The summed E-state index contributed by atoms with van der Waals surface area (Å²) in [7, 11) is 4.12. The van der Waals surface area contributed by atoms with Crippen molar-refractivity contribution in [1.29, 1.82) is 0 Å². The molecular formula is C22H35N3O2. The molecule has 0 spiro atoms. The van der Waals surface area contributed by atoms with Gasteiger partial charge < -0.3 is 15.0 Å². The second kappa shape index (κ2) is 10.1. The number of likely N-dealkylation sites (tertiary alicyclic amines) is 1. The van der Waals surface area contributed by atoms with E-state index in [0.717, 1.165) is 45.0 Å². The van der Waals surface area contributed by atoms with E-state index < -0.39 is 0 Å². The third-order valence-corrected chi connectivity index (χ3v) is 5.54. The van der Waals surface area contributed by atoms with Crippen LogP contribution < -0.4 is 10.1 Å². The number of hydrogen-bond acceptors (Lipinski definition) is 4. The lowest BCUT2D eigenvalue weighted by atomic mass is 9.92. The SMILES string of the molecule is CN(C)CCOc1cccc(CN2CCC(CCC(=O)NC3CC3)CC2)c1. The largest absolute Gasteiger partial charge is 0.492 e. The van der Waals surface area contributed by atoms with E-state index >= 15 is 0 Å². The number of carbonyl (C=O) groups excluding carboxylic acids is 1. The van der Waals surface area contributed by atoms with Gasteiger partial charge in [0.1, 0.15) is 12.4 Å². The second-order valence-electron chi connectivity index (χ2n) is 8.40. The van der Waals surface area contributed by atoms with Crippen molar-refractivity contribution in [3.8, 4) is 5.75 Å². The van der Waals surface area contributed by atoms with Crippen molar-refractivity contribution in [3.63, 3.8) is 0 Å². The molecule has 27 heavy (non-hydrogen) atoms. The van der Waals surface area contributed by atoms with Crippen molar-refractivity contribution in [3.05, 3.63) is 29.8 Å². The van der Waals surface area contributed by atoms with E-state index in [2.05, 4.69) is 47.4 Å². The zero-order valence-electron chi connectivity index (χ0n) is 17.0. The smallest absolute Gasteiger partial charge is 0.220 e. The maximum absolute atomic E-state index is 11.8. The average molecular weight is 374 g/mol. The molecule has 1 aromatic carbocycles. The molecule has 1 aliphatic heterocycles. The number of amides is 1. The van der Waals surface area contributed by atoms with Crippen molar-refractivity contribution < 1.29 is 9.53 Å². The van der Waals surface area contributed by atoms with Gasteiger partial charge >= 0.3 is 0 Å². The topological polar surface area (TPSA) is 44.8 Å². The van der Waals surface area contributed by atoms with Crippen LogP contribution in [-0.4, -0.2) is 62.1 Å². The molecule has 0 atom stereocenters. The van der Waals surface area contributed by atoms with E-state index in [1.54, 1.807) is 0 Å². The van der Waals surface area contributed by atoms with Crippen LogP contribution in [0.2, 0.25) is 0 Å². The molecule has 1 saturated carbocycles. The molecular weight excluding hydrogens is 338 g/mol. The normalized spacial score (nSPS) is 18.6. The first-order valence-electron chi connectivity index (χ1n) is 10.5. The second-order valence-corrected chi connectivity index (χ2v) is 8.40. The molecule has 2 aliphatic rings. The molecule has 0 bridgehead atoms. The van der Waals surface area contributed by atoms with Crippen LogP contribution in [0.15, 0.2) is 24.3 Å². The highest BCUT2D eigenvalue weighted by molar-refractivity contribution is 5.76. The van der Waals surface area contributed by atoms with Crippen LogP contribution in [-0.2, 0) is 11.3 Å². The number of likely N-dealkylation sites (N-methyl/N-ethyl adjacent to an activating group) is 1. The molecule has 1 aromatic rings. The summed E-state index contributed by atoms with van der Waals surface area (Å²) < 4.78 is 5.85. The van der Waals surface area contributed by atoms with Gasteiger partial charge in [0, 0.05) is 25.6 Å². The fourth-order valence-corrected chi connectivity index (χ4v) is 3.63. The van der Waals surface area contributed by atoms with Crippen LogP contribution >= 0.6 is 0 Å². The maximum Gasteiger partial charge on any atom is 0.220 e. The van der Waals surface area contributed by atoms with E-state index in [0.29, 0.717) is 18.4 Å². The number of benzene rings is 1. The summed E-state index contributed by atoms with van der Waals surface area (Å²) >= 11 is 0. The van der Waals surface area contributed by atoms with Crippen LogP contribution in [0, 0.1) is 5.92 Å². The molecule has 0 radical (unpaired) electrons. The predicted octanol–water partition coefficient (Wildman–Crippen LogP) is 2.90. The van der Waals surface area contributed by atoms with E-state index in [9.17, 15) is 4.79 Å². The number of hydrogen-bond donors (Lipinski definition) is 1. The first kappa shape index (κ1) is 20.2. The lowest BCUT2D eigenvalue weighted by Gasteiger charge is -2.32. The predicted molar refractivity (Wildman–Crippen MR) is 109 cm³/mol. The van der Waals surface area contributed by atoms with Gasteiger partial charge in [-0.25, -0.2) is 0 Å². The van der Waals surface area contributed by atoms with Crippen molar-refractivity contribution in [1.82, 2.24) is 15.1 Å². The van der Waals surface area contributed by atoms with Crippen molar-refractivity contribution in [2.75, 3.05) is 40.3 Å². The lowest BCUT2D eigenvalue weighted by molar-refractivity contribution is -0.121. The van der Waals surface area contributed by atoms with Crippen molar-refractivity contribution in [2.45, 2.75) is 51.1 Å². The quantitative estimate of drug-likeness (QED) is 0.685. The Bertz CT molecular complexity index is 593. The van der Waals surface area contributed by atoms with Gasteiger partial charge in [-0.15, -0.1) is 0 Å². The third kappa shape index (κ3) is 7.51. The Morgan fingerprint density at radius 2 is 2.00 bits per heavy atom. The van der Waals surface area contributed by atoms with Crippen LogP contribution in [0.1, 0.15) is 44.1 Å². The minimum absolute atomic E-state index is 0.256. The third-order valence-electron chi connectivity index (χ3n) is 5.54. The van der Waals surface area contributed by atoms with Crippen molar-refractivity contribution in [2.24, 2.45) is 5.92 Å². The molecule has 5 heteroatoms. The highest BCUT2D eigenvalue weighted by Gasteiger charge is 2.24. The van der Waals surface area contributed by atoms with Gasteiger partial charge in [0.15, 0.2) is 0 Å². The minimum atomic E-state index is 0.256. The van der Waals surface area contributed by atoms with Gasteiger partial charge in [-0.05, 0) is 82.9 Å². The Balaban J connectivity index is 1.35. The monoisotopic (exact) mass is 373 g/mol. The van der Waals surface area contributed by atoms with Gasteiger partial charge in [0.25, 0.3) is 0 Å². The Labute approximate surface area is 164 Å². The molecule has 1 saturated heterocycles. The molecule has 1 heterocycles. The minimum Gasteiger partial charge on any atom is -0.492 e. The fourth-order valence-electron chi connectivity index (χ4n) is 3.63. The molecule has 2 fully saturated rings. The summed E-state index contributed by atoms with van der Waals surface area (Å²) in [5.41, 5.74) is 1.32. The number of ether oxygens (including phenoxy) is 1. The summed E-state index contributed by atoms with van der Waals surface area (Å²) in [6.45, 7) is 4.88. The summed E-state index contributed by atoms with van der Waals surface area (Å²) in [5.74, 6) is 1.92. The molecule has 5 nitrogen and oxygen atoms in total. The molecule has 1 aliphatic carbocycles. The molecule has 0 unspecified atom stereocenters. The Kier molecular flexibility index (Phi) is 7.53. The number of carbonyl (C=O) groups is 1. The van der Waals surface area contributed by atoms with E-state index in [1.165, 1.54) is 31.2 Å². The Hall–Kier alpha value is -1.59. The standard InChI is InChI=1S/C22H35N3O2/c1-24(2)14-15-27-21-5-3-4-19(16-21)17-25-12-10-18(11-13-25)6-9-22(26)23-20-7-8-20/h3-5,16,18,20H,6-15,17H2,1-2H3,(H,23,26). The number of nitrogens with one attached hydrogen (secondary N) is 1. The summed E-state index contributed by atoms with van der Waals surface area (Å²) in [6.07, 6.45) is 6.50. The van der Waals surface area contributed by atoms with E-state index in [1.807, 2.05) is 6.07 Å². The van der Waals surface area contributed by atoms with Gasteiger partial charge in [-0.1, -0.05) is 12.1 Å². The highest BCUT2D eigenvalue weighted by atomic mass is 16.5. The number of piperidine rings is 1. The van der Waals surface area contributed by atoms with Crippen LogP contribution in [0.4, 0.5) is 0 Å². The Morgan fingerprint density at radius 1 is 1.22 bits per heavy atom. The van der Waals surface area contributed by atoms with Crippen molar-refractivity contribution >= 4 is 5.91 Å². The van der Waals surface area contributed by atoms with E-state index in [-0.39, 0.29) is 5.91 Å². The molecule has 0 aromatic heterocycles. The van der Waals surface area contributed by atoms with E-state index in [4.69, 9.17) is 4.74 Å². The van der Waals surface area contributed by atoms with Crippen LogP contribution in [0.5, 0.6) is 5.75 Å². The Morgan fingerprint density at radius 3 is 2.70 bits per heavy atom. The average Bonchev–Trinajstić information content (AvgIpc) is 3.45. The molecule has 1 N–H and O–H groups in total. The summed E-state index contributed by atoms with van der Waals surface area (Å²) in [5, 5.41) is 3.10. The highest BCUT2D eigenvalue weighted by Crippen LogP contribution is 2.24. The van der Waals surface area contributed by atoms with Gasteiger partial charge in [-0.2, -0.15) is 0 Å². The lowest BCUT2D eigenvalue weighted by Crippen LogP contribution is -2.34. The zero-order chi connectivity index (χ0) is 19.1. The zero-order valence-corrected chi connectivity index (χ0v) is 17.0. The fraction of sp³-hybridized carbons (Fsp3) is 0.682. The van der Waals surface area contributed by atoms with Gasteiger partial charge in [0.2, 0.25) is 5.91 Å². The molecule has 1 amide bonds. The summed E-state index contributed by atoms with van der Waals surface area (Å²) in [4.78, 5) is 16.5. The van der Waals surface area contributed by atoms with Gasteiger partial charge in [-0.3, -0.25) is 9.69 Å². The first-order valence-corrected chi connectivity index (χ1v) is 10.5. The molecule has 150 valence electrons. The van der Waals surface area contributed by atoms with Crippen LogP contribution in [0.3, 0.4) is 0 Å². The van der Waals surface area contributed by atoms with Gasteiger partial charge in [0.05, 0.1) is 0 Å². The number of nitrogens with zero attached hydrogens (tertiary/aromatic N) is 2. The first-order chi connectivity index (χ1) is 13.1. The summed E-state index contributed by atoms with van der Waals surface area (Å²) in [6, 6.07) is 8.97. The molecule has 3 rings (SSSR count). The van der Waals surface area contributed by atoms with Crippen LogP contribution in [0.25, 0.3) is 0 Å².